The van der Waals surface area contributed by atoms with Crippen molar-refractivity contribution in [3.8, 4) is 0 Å². The molecule has 0 bridgehead atoms. The van der Waals surface area contributed by atoms with E-state index < -0.39 is 15.8 Å². The van der Waals surface area contributed by atoms with Gasteiger partial charge in [-0.1, -0.05) is 6.07 Å². The van der Waals surface area contributed by atoms with E-state index in [0.29, 0.717) is 25.2 Å². The van der Waals surface area contributed by atoms with Crippen LogP contribution in [0.3, 0.4) is 0 Å². The van der Waals surface area contributed by atoms with E-state index in [1.165, 1.54) is 16.4 Å². The number of benzene rings is 1. The molecule has 0 aromatic heterocycles. The van der Waals surface area contributed by atoms with Crippen LogP contribution in [0.2, 0.25) is 0 Å². The van der Waals surface area contributed by atoms with Crippen LogP contribution in [0.15, 0.2) is 23.1 Å². The minimum atomic E-state index is -3.85. The Labute approximate surface area is 119 Å². The second-order valence-electron chi connectivity index (χ2n) is 5.20. The van der Waals surface area contributed by atoms with E-state index in [-0.39, 0.29) is 17.5 Å². The molecule has 1 atom stereocenters. The van der Waals surface area contributed by atoms with Crippen LogP contribution in [0.25, 0.3) is 0 Å². The van der Waals surface area contributed by atoms with E-state index >= 15 is 0 Å². The zero-order valence-electron chi connectivity index (χ0n) is 11.7. The number of rotatable bonds is 3. The summed E-state index contributed by atoms with van der Waals surface area (Å²) in [5.74, 6) is -0.717. The van der Waals surface area contributed by atoms with Gasteiger partial charge in [-0.05, 0) is 31.7 Å². The molecule has 2 rings (SSSR count). The predicted molar refractivity (Wildman–Crippen MR) is 75.4 cm³/mol. The smallest absolute Gasteiger partial charge is 0.246 e. The van der Waals surface area contributed by atoms with Crippen molar-refractivity contribution in [3.05, 3.63) is 29.6 Å². The summed E-state index contributed by atoms with van der Waals surface area (Å²) in [4.78, 5) is 1.76. The molecule has 112 valence electrons. The Balaban J connectivity index is 2.41. The number of hydrogen-bond acceptors (Lipinski definition) is 4. The predicted octanol–water partition coefficient (Wildman–Crippen LogP) is 0.398. The van der Waals surface area contributed by atoms with Crippen LogP contribution >= 0.6 is 0 Å². The molecule has 1 saturated heterocycles. The van der Waals surface area contributed by atoms with Crippen molar-refractivity contribution in [2.45, 2.75) is 17.9 Å². The molecule has 0 amide bonds. The van der Waals surface area contributed by atoms with Gasteiger partial charge in [0.1, 0.15) is 10.7 Å². The number of likely N-dealkylation sites (N-methyl/N-ethyl adjacent to an activating group) is 1. The molecule has 1 aromatic rings. The molecule has 20 heavy (non-hydrogen) atoms. The van der Waals surface area contributed by atoms with Gasteiger partial charge in [0.05, 0.1) is 6.04 Å². The highest BCUT2D eigenvalue weighted by Crippen LogP contribution is 2.24. The van der Waals surface area contributed by atoms with Gasteiger partial charge in [-0.2, -0.15) is 4.31 Å². The van der Waals surface area contributed by atoms with Gasteiger partial charge in [0, 0.05) is 26.2 Å². The fraction of sp³-hybridized carbons (Fsp3) is 0.538. The van der Waals surface area contributed by atoms with Gasteiger partial charge in [0.2, 0.25) is 10.0 Å². The molecular weight excluding hydrogens is 281 g/mol. The highest BCUT2D eigenvalue weighted by Gasteiger charge is 2.35. The summed E-state index contributed by atoms with van der Waals surface area (Å²) in [5, 5.41) is 0. The number of hydrogen-bond donors (Lipinski definition) is 1. The summed E-state index contributed by atoms with van der Waals surface area (Å²) in [6.45, 7) is 3.46. The normalized spacial score (nSPS) is 22.1. The van der Waals surface area contributed by atoms with Gasteiger partial charge in [-0.15, -0.1) is 0 Å². The SMILES string of the molecule is Cc1ccc(F)c(S(=O)(=O)N2CCN(C)CC2CN)c1. The fourth-order valence-corrected chi connectivity index (χ4v) is 4.21. The van der Waals surface area contributed by atoms with Gasteiger partial charge in [-0.25, -0.2) is 12.8 Å². The molecule has 1 aliphatic heterocycles. The van der Waals surface area contributed by atoms with Crippen molar-refractivity contribution in [1.29, 1.82) is 0 Å². The summed E-state index contributed by atoms with van der Waals surface area (Å²) in [6.07, 6.45) is 0. The largest absolute Gasteiger partial charge is 0.329 e. The Morgan fingerprint density at radius 2 is 2.10 bits per heavy atom. The number of sulfonamides is 1. The monoisotopic (exact) mass is 301 g/mol. The molecule has 7 heteroatoms. The topological polar surface area (TPSA) is 66.6 Å². The molecule has 2 N–H and O–H groups in total. The standard InChI is InChI=1S/C13H20FN3O2S/c1-10-3-4-12(14)13(7-10)20(18,19)17-6-5-16(2)9-11(17)8-15/h3-4,7,11H,5-6,8-9,15H2,1-2H3. The van der Waals surface area contributed by atoms with E-state index in [1.54, 1.807) is 13.0 Å². The highest BCUT2D eigenvalue weighted by atomic mass is 32.2. The van der Waals surface area contributed by atoms with Crippen LogP contribution in [0.4, 0.5) is 4.39 Å². The minimum Gasteiger partial charge on any atom is -0.329 e. The number of halogens is 1. The van der Waals surface area contributed by atoms with E-state index in [9.17, 15) is 12.8 Å². The molecule has 5 nitrogen and oxygen atoms in total. The second-order valence-corrected chi connectivity index (χ2v) is 7.06. The molecule has 1 unspecified atom stereocenters. The Kier molecular flexibility index (Phi) is 4.43. The summed E-state index contributed by atoms with van der Waals surface area (Å²) in [5.41, 5.74) is 6.38. The van der Waals surface area contributed by atoms with Crippen molar-refractivity contribution in [2.24, 2.45) is 5.73 Å². The van der Waals surface area contributed by atoms with Gasteiger partial charge < -0.3 is 10.6 Å². The van der Waals surface area contributed by atoms with Crippen LogP contribution in [-0.4, -0.2) is 56.9 Å². The molecule has 0 saturated carbocycles. The van der Waals surface area contributed by atoms with Gasteiger partial charge >= 0.3 is 0 Å². The zero-order valence-corrected chi connectivity index (χ0v) is 12.5. The summed E-state index contributed by atoms with van der Waals surface area (Å²) < 4.78 is 40.5. The quantitative estimate of drug-likeness (QED) is 0.877. The summed E-state index contributed by atoms with van der Waals surface area (Å²) >= 11 is 0. The van der Waals surface area contributed by atoms with E-state index in [2.05, 4.69) is 0 Å². The average Bonchev–Trinajstić information content (AvgIpc) is 2.40. The Morgan fingerprint density at radius 1 is 1.40 bits per heavy atom. The van der Waals surface area contributed by atoms with E-state index in [1.807, 2.05) is 11.9 Å². The number of nitrogens with two attached hydrogens (primary N) is 1. The lowest BCUT2D eigenvalue weighted by Crippen LogP contribution is -2.56. The van der Waals surface area contributed by atoms with Gasteiger partial charge in [0.25, 0.3) is 0 Å². The molecule has 1 fully saturated rings. The van der Waals surface area contributed by atoms with Crippen molar-refractivity contribution in [2.75, 3.05) is 33.2 Å². The summed E-state index contributed by atoms with van der Waals surface area (Å²) in [6, 6.07) is 3.80. The first kappa shape index (κ1) is 15.4. The Morgan fingerprint density at radius 3 is 2.75 bits per heavy atom. The van der Waals surface area contributed by atoms with Crippen LogP contribution in [0, 0.1) is 12.7 Å². The lowest BCUT2D eigenvalue weighted by atomic mass is 10.2. The summed E-state index contributed by atoms with van der Waals surface area (Å²) in [7, 11) is -1.93. The first-order valence-corrected chi connectivity index (χ1v) is 7.97. The van der Waals surface area contributed by atoms with Gasteiger partial charge in [0.15, 0.2) is 0 Å². The number of nitrogens with zero attached hydrogens (tertiary/aromatic N) is 2. The third-order valence-electron chi connectivity index (χ3n) is 3.58. The molecule has 0 aliphatic carbocycles. The maximum atomic E-state index is 13.9. The number of piperazine rings is 1. The first-order valence-electron chi connectivity index (χ1n) is 6.53. The zero-order chi connectivity index (χ0) is 14.9. The molecular formula is C13H20FN3O2S. The van der Waals surface area contributed by atoms with Crippen LogP contribution in [0.5, 0.6) is 0 Å². The van der Waals surface area contributed by atoms with Crippen molar-refractivity contribution >= 4 is 10.0 Å². The Bertz CT molecular complexity index is 591. The second kappa shape index (κ2) is 5.77. The Hall–Kier alpha value is -1.02. The highest BCUT2D eigenvalue weighted by molar-refractivity contribution is 7.89. The van der Waals surface area contributed by atoms with Crippen LogP contribution in [0.1, 0.15) is 5.56 Å². The maximum absolute atomic E-state index is 13.9. The fourth-order valence-electron chi connectivity index (χ4n) is 2.44. The van der Waals surface area contributed by atoms with Crippen molar-refractivity contribution in [3.63, 3.8) is 0 Å². The van der Waals surface area contributed by atoms with E-state index in [0.717, 1.165) is 0 Å². The third-order valence-corrected chi connectivity index (χ3v) is 5.54. The molecule has 0 spiro atoms. The molecule has 1 aliphatic rings. The van der Waals surface area contributed by atoms with Crippen molar-refractivity contribution in [1.82, 2.24) is 9.21 Å². The van der Waals surface area contributed by atoms with Gasteiger partial charge in [-0.3, -0.25) is 0 Å². The van der Waals surface area contributed by atoms with Crippen LogP contribution in [-0.2, 0) is 10.0 Å². The molecule has 1 heterocycles. The first-order chi connectivity index (χ1) is 9.36. The molecule has 1 aromatic carbocycles. The molecule has 0 radical (unpaired) electrons. The maximum Gasteiger partial charge on any atom is 0.246 e. The van der Waals surface area contributed by atoms with Crippen molar-refractivity contribution < 1.29 is 12.8 Å². The third kappa shape index (κ3) is 2.85. The van der Waals surface area contributed by atoms with E-state index in [4.69, 9.17) is 5.73 Å². The van der Waals surface area contributed by atoms with Crippen LogP contribution < -0.4 is 5.73 Å². The lowest BCUT2D eigenvalue weighted by Gasteiger charge is -2.38. The minimum absolute atomic E-state index is 0.219. The lowest BCUT2D eigenvalue weighted by molar-refractivity contribution is 0.163. The average molecular weight is 301 g/mol. The number of aryl methyl sites for hydroxylation is 1.